The number of pyridine rings is 1. The maximum atomic E-state index is 12.7. The molecular weight excluding hydrogens is 337 g/mol. The highest BCUT2D eigenvalue weighted by Crippen LogP contribution is 2.36. The molecule has 7 heteroatoms. The van der Waals surface area contributed by atoms with Gasteiger partial charge < -0.3 is 5.32 Å². The van der Waals surface area contributed by atoms with E-state index in [-0.39, 0.29) is 15.7 Å². The Balaban J connectivity index is 2.25. The molecule has 2 aromatic rings. The van der Waals surface area contributed by atoms with E-state index in [4.69, 9.17) is 0 Å². The van der Waals surface area contributed by atoms with Crippen molar-refractivity contribution in [3.05, 3.63) is 58.3 Å². The Morgan fingerprint density at radius 2 is 2.00 bits per heavy atom. The Kier molecular flexibility index (Phi) is 4.08. The summed E-state index contributed by atoms with van der Waals surface area (Å²) in [5.74, 6) is -0.520. The van der Waals surface area contributed by atoms with Crippen molar-refractivity contribution >= 4 is 27.5 Å². The smallest absolute Gasteiger partial charge is 0.322 e. The van der Waals surface area contributed by atoms with Crippen molar-refractivity contribution in [2.24, 2.45) is 0 Å². The molecule has 2 rings (SSSR count). The van der Waals surface area contributed by atoms with Crippen molar-refractivity contribution in [2.45, 2.75) is 6.18 Å². The fraction of sp³-hybridized carbons (Fsp3) is 0.0769. The lowest BCUT2D eigenvalue weighted by molar-refractivity contribution is -0.138. The molecule has 0 saturated carbocycles. The molecule has 0 bridgehead atoms. The first kappa shape index (κ1) is 14.5. The first-order valence-electron chi connectivity index (χ1n) is 5.46. The summed E-state index contributed by atoms with van der Waals surface area (Å²) in [6, 6.07) is 6.58. The van der Waals surface area contributed by atoms with Crippen LogP contribution in [0.1, 0.15) is 15.9 Å². The highest BCUT2D eigenvalue weighted by molar-refractivity contribution is 9.10. The molecule has 1 heterocycles. The molecule has 1 N–H and O–H groups in total. The summed E-state index contributed by atoms with van der Waals surface area (Å²) in [5.41, 5.74) is -0.514. The normalized spacial score (nSPS) is 11.2. The number of carbonyl (C=O) groups excluding carboxylic acids is 1. The summed E-state index contributed by atoms with van der Waals surface area (Å²) < 4.78 is 38.1. The number of aromatic nitrogens is 1. The molecule has 104 valence electrons. The molecule has 0 atom stereocenters. The van der Waals surface area contributed by atoms with Crippen LogP contribution in [0.5, 0.6) is 0 Å². The van der Waals surface area contributed by atoms with Crippen LogP contribution in [-0.4, -0.2) is 10.9 Å². The average Bonchev–Trinajstić information content (AvgIpc) is 2.40. The van der Waals surface area contributed by atoms with Gasteiger partial charge in [0.15, 0.2) is 0 Å². The number of carbonyl (C=O) groups is 1. The van der Waals surface area contributed by atoms with E-state index >= 15 is 0 Å². The monoisotopic (exact) mass is 344 g/mol. The number of rotatable bonds is 2. The lowest BCUT2D eigenvalue weighted by atomic mass is 10.2. The summed E-state index contributed by atoms with van der Waals surface area (Å²) in [6.45, 7) is 0. The van der Waals surface area contributed by atoms with Gasteiger partial charge in [-0.05, 0) is 30.3 Å². The fourth-order valence-corrected chi connectivity index (χ4v) is 1.99. The molecule has 0 saturated heterocycles. The number of anilines is 1. The van der Waals surface area contributed by atoms with Crippen LogP contribution >= 0.6 is 15.9 Å². The number of benzene rings is 1. The zero-order valence-corrected chi connectivity index (χ0v) is 11.5. The lowest BCUT2D eigenvalue weighted by Gasteiger charge is -2.11. The number of alkyl halides is 3. The second-order valence-corrected chi connectivity index (χ2v) is 4.74. The Hall–Kier alpha value is -1.89. The third-order valence-corrected chi connectivity index (χ3v) is 3.14. The number of hydrogen-bond acceptors (Lipinski definition) is 2. The minimum atomic E-state index is -4.49. The molecule has 0 aliphatic heterocycles. The molecule has 3 nitrogen and oxygen atoms in total. The van der Waals surface area contributed by atoms with Gasteiger partial charge in [0.1, 0.15) is 0 Å². The number of nitrogens with one attached hydrogen (secondary N) is 1. The Labute approximate surface area is 121 Å². The van der Waals surface area contributed by atoms with Crippen LogP contribution in [0.25, 0.3) is 0 Å². The van der Waals surface area contributed by atoms with Gasteiger partial charge in [-0.3, -0.25) is 9.78 Å². The molecule has 0 aliphatic carbocycles. The predicted octanol–water partition coefficient (Wildman–Crippen LogP) is 4.12. The summed E-state index contributed by atoms with van der Waals surface area (Å²) in [6.07, 6.45) is -1.66. The molecule has 0 aliphatic rings. The Morgan fingerprint density at radius 1 is 1.25 bits per heavy atom. The van der Waals surface area contributed by atoms with E-state index in [0.717, 1.165) is 6.07 Å². The SMILES string of the molecule is O=C(Nc1ccc(Br)c(C(F)(F)F)c1)c1cccnc1. The average molecular weight is 345 g/mol. The third-order valence-electron chi connectivity index (χ3n) is 2.45. The zero-order chi connectivity index (χ0) is 14.8. The zero-order valence-electron chi connectivity index (χ0n) is 9.91. The van der Waals surface area contributed by atoms with Gasteiger partial charge in [-0.2, -0.15) is 13.2 Å². The van der Waals surface area contributed by atoms with Gasteiger partial charge in [0, 0.05) is 22.6 Å². The van der Waals surface area contributed by atoms with Crippen LogP contribution in [0.4, 0.5) is 18.9 Å². The molecule has 0 spiro atoms. The van der Waals surface area contributed by atoms with Crippen LogP contribution < -0.4 is 5.32 Å². The van der Waals surface area contributed by atoms with Crippen molar-refractivity contribution in [2.75, 3.05) is 5.32 Å². The number of halogens is 4. The third kappa shape index (κ3) is 3.36. The van der Waals surface area contributed by atoms with E-state index in [0.29, 0.717) is 0 Å². The highest BCUT2D eigenvalue weighted by Gasteiger charge is 2.33. The van der Waals surface area contributed by atoms with Crippen molar-refractivity contribution in [3.63, 3.8) is 0 Å². The Morgan fingerprint density at radius 3 is 2.60 bits per heavy atom. The summed E-state index contributed by atoms with van der Waals surface area (Å²) in [5, 5.41) is 2.40. The van der Waals surface area contributed by atoms with Gasteiger partial charge in [0.05, 0.1) is 11.1 Å². The van der Waals surface area contributed by atoms with E-state index in [2.05, 4.69) is 26.2 Å². The maximum absolute atomic E-state index is 12.7. The number of nitrogens with zero attached hydrogens (tertiary/aromatic N) is 1. The molecule has 0 radical (unpaired) electrons. The quantitative estimate of drug-likeness (QED) is 0.890. The molecule has 0 fully saturated rings. The molecule has 1 aromatic carbocycles. The van der Waals surface area contributed by atoms with Crippen molar-refractivity contribution in [1.82, 2.24) is 4.98 Å². The maximum Gasteiger partial charge on any atom is 0.417 e. The van der Waals surface area contributed by atoms with Crippen molar-refractivity contribution in [1.29, 1.82) is 0 Å². The number of hydrogen-bond donors (Lipinski definition) is 1. The van der Waals surface area contributed by atoms with Gasteiger partial charge in [0.2, 0.25) is 0 Å². The summed E-state index contributed by atoms with van der Waals surface area (Å²) in [4.78, 5) is 15.6. The lowest BCUT2D eigenvalue weighted by Crippen LogP contribution is -2.13. The highest BCUT2D eigenvalue weighted by atomic mass is 79.9. The van der Waals surface area contributed by atoms with E-state index < -0.39 is 17.6 Å². The van der Waals surface area contributed by atoms with E-state index in [1.165, 1.54) is 30.6 Å². The molecule has 1 amide bonds. The van der Waals surface area contributed by atoms with Crippen LogP contribution in [-0.2, 0) is 6.18 Å². The predicted molar refractivity (Wildman–Crippen MR) is 71.3 cm³/mol. The van der Waals surface area contributed by atoms with E-state index in [9.17, 15) is 18.0 Å². The van der Waals surface area contributed by atoms with Crippen LogP contribution in [0, 0.1) is 0 Å². The molecule has 0 unspecified atom stereocenters. The van der Waals surface area contributed by atoms with E-state index in [1.54, 1.807) is 6.07 Å². The van der Waals surface area contributed by atoms with E-state index in [1.807, 2.05) is 0 Å². The van der Waals surface area contributed by atoms with Crippen LogP contribution in [0.15, 0.2) is 47.2 Å². The van der Waals surface area contributed by atoms with Gasteiger partial charge in [-0.1, -0.05) is 15.9 Å². The molecule has 1 aromatic heterocycles. The minimum absolute atomic E-state index is 0.0642. The first-order chi connectivity index (χ1) is 9.38. The topological polar surface area (TPSA) is 42.0 Å². The van der Waals surface area contributed by atoms with Crippen molar-refractivity contribution < 1.29 is 18.0 Å². The minimum Gasteiger partial charge on any atom is -0.322 e. The van der Waals surface area contributed by atoms with Gasteiger partial charge in [0.25, 0.3) is 5.91 Å². The van der Waals surface area contributed by atoms with Crippen LogP contribution in [0.2, 0.25) is 0 Å². The molecular formula is C13H8BrF3N2O. The second kappa shape index (κ2) is 5.62. The van der Waals surface area contributed by atoms with Crippen LogP contribution in [0.3, 0.4) is 0 Å². The second-order valence-electron chi connectivity index (χ2n) is 3.89. The molecule has 20 heavy (non-hydrogen) atoms. The summed E-state index contributed by atoms with van der Waals surface area (Å²) >= 11 is 2.83. The van der Waals surface area contributed by atoms with Gasteiger partial charge in [-0.25, -0.2) is 0 Å². The first-order valence-corrected chi connectivity index (χ1v) is 6.25. The Bertz CT molecular complexity index is 629. The summed E-state index contributed by atoms with van der Waals surface area (Å²) in [7, 11) is 0. The number of amides is 1. The largest absolute Gasteiger partial charge is 0.417 e. The standard InChI is InChI=1S/C13H8BrF3N2O/c14-11-4-3-9(6-10(11)13(15,16)17)19-12(20)8-2-1-5-18-7-8/h1-7H,(H,19,20). The van der Waals surface area contributed by atoms with Gasteiger partial charge in [-0.15, -0.1) is 0 Å². The van der Waals surface area contributed by atoms with Crippen molar-refractivity contribution in [3.8, 4) is 0 Å². The fourth-order valence-electron chi connectivity index (χ4n) is 1.52. The van der Waals surface area contributed by atoms with Gasteiger partial charge >= 0.3 is 6.18 Å².